The maximum Gasteiger partial charge on any atom is 0.147 e. The quantitative estimate of drug-likeness (QED) is 0.179. The number of aryl methyl sites for hydroxylation is 3. The first-order chi connectivity index (χ1) is 24.2. The Balaban J connectivity index is 1.16. The van der Waals surface area contributed by atoms with Crippen LogP contribution in [0.3, 0.4) is 0 Å². The Labute approximate surface area is 288 Å². The van der Waals surface area contributed by atoms with Gasteiger partial charge in [-0.1, -0.05) is 56.7 Å². The summed E-state index contributed by atoms with van der Waals surface area (Å²) in [6.07, 6.45) is 5.92. The predicted octanol–water partition coefficient (Wildman–Crippen LogP) is 11.3. The number of hydrogen-bond donors (Lipinski definition) is 0. The van der Waals surface area contributed by atoms with Gasteiger partial charge in [-0.25, -0.2) is 15.0 Å². The van der Waals surface area contributed by atoms with Crippen molar-refractivity contribution < 1.29 is 4.74 Å². The zero-order valence-electron chi connectivity index (χ0n) is 29.0. The Bertz CT molecular complexity index is 3010. The van der Waals surface area contributed by atoms with Crippen molar-refractivity contribution in [3.05, 3.63) is 126 Å². The normalized spacial score (nSPS) is 12.6. The molecule has 4 aromatic carbocycles. The standard InChI is InChI=1S/C44H35N5O/c1-24-19-25(2)38(26(3)20-24)36-23-48-41-32(11-8-17-45-41)29-14-12-27(21-34(29)42(48)47-36)50-28-13-15-30-31-9-7-10-33-39-35(44(4,5)6)16-18-46-43(39)49(40(31)33)37(30)22-28/h7-23H,1-6H3. The van der Waals surface area contributed by atoms with Crippen LogP contribution in [0.5, 0.6) is 11.5 Å². The zero-order chi connectivity index (χ0) is 34.1. The molecule has 0 fully saturated rings. The third-order valence-corrected chi connectivity index (χ3v) is 10.4. The molecule has 0 amide bonds. The Kier molecular flexibility index (Phi) is 5.80. The summed E-state index contributed by atoms with van der Waals surface area (Å²) in [5, 5.41) is 8.06. The van der Waals surface area contributed by atoms with E-state index in [2.05, 4.69) is 129 Å². The van der Waals surface area contributed by atoms with Gasteiger partial charge >= 0.3 is 0 Å². The first-order valence-corrected chi connectivity index (χ1v) is 17.2. The van der Waals surface area contributed by atoms with Gasteiger partial charge in [0.1, 0.15) is 28.4 Å². The van der Waals surface area contributed by atoms with Gasteiger partial charge in [0, 0.05) is 62.5 Å². The minimum absolute atomic E-state index is 0.0143. The molecule has 0 N–H and O–H groups in total. The SMILES string of the molecule is Cc1cc(C)c(-c2cn3c4ncccc4c4ccc(Oc5ccc6c7cccc8c9c(C(C)(C)C)ccnc9n(c6c5)c78)cc4c3n2)c(C)c1. The molecule has 6 aromatic heterocycles. The third-order valence-electron chi connectivity index (χ3n) is 10.4. The number of imidazole rings is 1. The molecular weight excluding hydrogens is 615 g/mol. The Morgan fingerprint density at radius 2 is 1.34 bits per heavy atom. The van der Waals surface area contributed by atoms with E-state index in [9.17, 15) is 0 Å². The lowest BCUT2D eigenvalue weighted by Gasteiger charge is -2.20. The summed E-state index contributed by atoms with van der Waals surface area (Å²) in [6, 6.07) is 30.1. The van der Waals surface area contributed by atoms with Crippen LogP contribution in [0.25, 0.3) is 76.9 Å². The van der Waals surface area contributed by atoms with Crippen molar-refractivity contribution in [3.63, 3.8) is 0 Å². The molecule has 50 heavy (non-hydrogen) atoms. The number of para-hydroxylation sites is 1. The average Bonchev–Trinajstić information content (AvgIpc) is 3.77. The lowest BCUT2D eigenvalue weighted by atomic mass is 9.85. The number of aromatic nitrogens is 5. The van der Waals surface area contributed by atoms with Gasteiger partial charge in [0.05, 0.1) is 16.7 Å². The predicted molar refractivity (Wildman–Crippen MR) is 205 cm³/mol. The monoisotopic (exact) mass is 649 g/mol. The summed E-state index contributed by atoms with van der Waals surface area (Å²) < 4.78 is 11.1. The van der Waals surface area contributed by atoms with E-state index in [-0.39, 0.29) is 5.41 Å². The molecule has 0 aliphatic heterocycles. The number of fused-ring (bicyclic) bond motifs is 12. The number of nitrogens with zero attached hydrogens (tertiary/aromatic N) is 5. The van der Waals surface area contributed by atoms with Crippen LogP contribution >= 0.6 is 0 Å². The molecule has 0 aliphatic rings. The second-order valence-electron chi connectivity index (χ2n) is 14.8. The van der Waals surface area contributed by atoms with Crippen LogP contribution in [0.1, 0.15) is 43.0 Å². The van der Waals surface area contributed by atoms with Crippen LogP contribution in [-0.4, -0.2) is 23.8 Å². The summed E-state index contributed by atoms with van der Waals surface area (Å²) in [6.45, 7) is 13.3. The van der Waals surface area contributed by atoms with E-state index in [1.165, 1.54) is 54.9 Å². The highest BCUT2D eigenvalue weighted by Gasteiger charge is 2.25. The van der Waals surface area contributed by atoms with E-state index in [1.54, 1.807) is 0 Å². The van der Waals surface area contributed by atoms with Gasteiger partial charge in [0.2, 0.25) is 0 Å². The summed E-state index contributed by atoms with van der Waals surface area (Å²) in [7, 11) is 0. The van der Waals surface area contributed by atoms with Crippen molar-refractivity contribution in [3.8, 4) is 22.8 Å². The van der Waals surface area contributed by atoms with E-state index in [0.717, 1.165) is 55.8 Å². The number of pyridine rings is 3. The number of rotatable bonds is 3. The molecule has 0 saturated heterocycles. The summed E-state index contributed by atoms with van der Waals surface area (Å²) in [4.78, 5) is 15.0. The first kappa shape index (κ1) is 29.0. The van der Waals surface area contributed by atoms with Crippen molar-refractivity contribution in [2.45, 2.75) is 47.0 Å². The molecule has 10 aromatic rings. The fraction of sp³-hybridized carbons (Fsp3) is 0.159. The van der Waals surface area contributed by atoms with E-state index in [4.69, 9.17) is 19.7 Å². The zero-order valence-corrected chi connectivity index (χ0v) is 29.0. The van der Waals surface area contributed by atoms with Crippen molar-refractivity contribution in [1.82, 2.24) is 23.8 Å². The molecular formula is C44H35N5O. The van der Waals surface area contributed by atoms with Crippen molar-refractivity contribution >= 4 is 65.7 Å². The molecule has 0 spiro atoms. The first-order valence-electron chi connectivity index (χ1n) is 17.2. The molecule has 0 saturated carbocycles. The van der Waals surface area contributed by atoms with Crippen molar-refractivity contribution in [2.75, 3.05) is 0 Å². The summed E-state index contributed by atoms with van der Waals surface area (Å²) >= 11 is 0. The Hall–Kier alpha value is -6.01. The molecule has 6 heteroatoms. The average molecular weight is 650 g/mol. The van der Waals surface area contributed by atoms with Crippen LogP contribution < -0.4 is 4.74 Å². The Morgan fingerprint density at radius 3 is 2.14 bits per heavy atom. The van der Waals surface area contributed by atoms with E-state index in [1.807, 2.05) is 24.5 Å². The second-order valence-corrected chi connectivity index (χ2v) is 14.8. The number of ether oxygens (including phenoxy) is 1. The van der Waals surface area contributed by atoms with Crippen LogP contribution in [0.2, 0.25) is 0 Å². The Morgan fingerprint density at radius 1 is 0.620 bits per heavy atom. The van der Waals surface area contributed by atoms with Gasteiger partial charge in [0.25, 0.3) is 0 Å². The maximum absolute atomic E-state index is 6.69. The van der Waals surface area contributed by atoms with Crippen LogP contribution in [-0.2, 0) is 5.41 Å². The smallest absolute Gasteiger partial charge is 0.147 e. The van der Waals surface area contributed by atoms with Gasteiger partial charge in [-0.15, -0.1) is 0 Å². The minimum Gasteiger partial charge on any atom is -0.457 e. The lowest BCUT2D eigenvalue weighted by molar-refractivity contribution is 0.484. The van der Waals surface area contributed by atoms with Crippen LogP contribution in [0.15, 0.2) is 104 Å². The molecule has 0 atom stereocenters. The van der Waals surface area contributed by atoms with Gasteiger partial charge in [-0.2, -0.15) is 0 Å². The van der Waals surface area contributed by atoms with Gasteiger partial charge in [-0.05, 0) is 96.8 Å². The highest BCUT2D eigenvalue weighted by molar-refractivity contribution is 6.23. The van der Waals surface area contributed by atoms with Crippen molar-refractivity contribution in [2.24, 2.45) is 0 Å². The van der Waals surface area contributed by atoms with E-state index < -0.39 is 0 Å². The topological polar surface area (TPSA) is 56.7 Å². The number of hydrogen-bond acceptors (Lipinski definition) is 4. The molecule has 0 unspecified atom stereocenters. The summed E-state index contributed by atoms with van der Waals surface area (Å²) in [5.74, 6) is 1.52. The van der Waals surface area contributed by atoms with E-state index >= 15 is 0 Å². The fourth-order valence-electron chi connectivity index (χ4n) is 8.42. The molecule has 0 aliphatic carbocycles. The highest BCUT2D eigenvalue weighted by Crippen LogP contribution is 2.43. The van der Waals surface area contributed by atoms with Crippen LogP contribution in [0.4, 0.5) is 0 Å². The van der Waals surface area contributed by atoms with Crippen LogP contribution in [0, 0.1) is 20.8 Å². The van der Waals surface area contributed by atoms with E-state index in [0.29, 0.717) is 0 Å². The second kappa shape index (κ2) is 10.0. The molecule has 242 valence electrons. The highest BCUT2D eigenvalue weighted by atomic mass is 16.5. The largest absolute Gasteiger partial charge is 0.457 e. The van der Waals surface area contributed by atoms with Gasteiger partial charge in [-0.3, -0.25) is 8.80 Å². The molecule has 0 radical (unpaired) electrons. The van der Waals surface area contributed by atoms with Crippen molar-refractivity contribution in [1.29, 1.82) is 0 Å². The maximum atomic E-state index is 6.69. The molecule has 6 heterocycles. The molecule has 10 rings (SSSR count). The molecule has 6 nitrogen and oxygen atoms in total. The van der Waals surface area contributed by atoms with Gasteiger partial charge in [0.15, 0.2) is 0 Å². The fourth-order valence-corrected chi connectivity index (χ4v) is 8.42. The molecule has 0 bridgehead atoms. The number of benzene rings is 4. The minimum atomic E-state index is -0.0143. The lowest BCUT2D eigenvalue weighted by Crippen LogP contribution is -2.11. The van der Waals surface area contributed by atoms with Gasteiger partial charge < -0.3 is 4.74 Å². The summed E-state index contributed by atoms with van der Waals surface area (Å²) in [5.41, 5.74) is 12.1. The third kappa shape index (κ3) is 3.99.